The molecule has 170 valence electrons. The van der Waals surface area contributed by atoms with Crippen LogP contribution in [0.4, 0.5) is 4.39 Å². The Kier molecular flexibility index (Phi) is 6.66. The number of aromatic nitrogens is 3. The Hall–Kier alpha value is -3.37. The van der Waals surface area contributed by atoms with Crippen LogP contribution in [0.1, 0.15) is 42.9 Å². The molecule has 0 amide bonds. The van der Waals surface area contributed by atoms with Gasteiger partial charge in [-0.25, -0.2) is 19.2 Å². The molecule has 3 aromatic heterocycles. The molecule has 1 aromatic carbocycles. The first-order chi connectivity index (χ1) is 15.8. The molecule has 0 radical (unpaired) electrons. The van der Waals surface area contributed by atoms with Crippen LogP contribution in [0.5, 0.6) is 5.75 Å². The van der Waals surface area contributed by atoms with Gasteiger partial charge in [-0.2, -0.15) is 0 Å². The number of carbonyl (C=O) groups is 2. The summed E-state index contributed by atoms with van der Waals surface area (Å²) in [5.74, 6) is -0.841. The van der Waals surface area contributed by atoms with Crippen LogP contribution in [0.15, 0.2) is 41.1 Å². The number of esters is 1. The highest BCUT2D eigenvalue weighted by atomic mass is 32.1. The van der Waals surface area contributed by atoms with Crippen LogP contribution < -0.4 is 4.74 Å². The van der Waals surface area contributed by atoms with Gasteiger partial charge in [0.05, 0.1) is 5.69 Å². The second kappa shape index (κ2) is 9.63. The number of ether oxygens (including phenoxy) is 2. The number of benzene rings is 1. The molecule has 4 rings (SSSR count). The minimum Gasteiger partial charge on any atom is -0.486 e. The highest BCUT2D eigenvalue weighted by molar-refractivity contribution is 7.12. The number of thiazole rings is 2. The van der Waals surface area contributed by atoms with Crippen LogP contribution in [0, 0.1) is 26.6 Å². The van der Waals surface area contributed by atoms with Crippen molar-refractivity contribution in [2.75, 3.05) is 6.61 Å². The summed E-state index contributed by atoms with van der Waals surface area (Å²) < 4.78 is 25.6. The van der Waals surface area contributed by atoms with Crippen molar-refractivity contribution in [3.63, 3.8) is 0 Å². The normalized spacial score (nSPS) is 10.9. The summed E-state index contributed by atoms with van der Waals surface area (Å²) in [5, 5.41) is 4.84. The van der Waals surface area contributed by atoms with Gasteiger partial charge in [0.1, 0.15) is 23.2 Å². The molecule has 0 aliphatic carbocycles. The van der Waals surface area contributed by atoms with Gasteiger partial charge >= 0.3 is 5.97 Å². The molecule has 0 unspecified atom stereocenters. The van der Waals surface area contributed by atoms with E-state index in [4.69, 9.17) is 9.47 Å². The number of aryl methyl sites for hydroxylation is 2. The quantitative estimate of drug-likeness (QED) is 0.256. The van der Waals surface area contributed by atoms with E-state index in [1.54, 1.807) is 11.4 Å². The van der Waals surface area contributed by atoms with Crippen molar-refractivity contribution in [3.8, 4) is 10.9 Å². The number of ketones is 1. The van der Waals surface area contributed by atoms with E-state index in [2.05, 4.69) is 9.97 Å². The number of halogens is 1. The van der Waals surface area contributed by atoms with E-state index in [1.165, 1.54) is 46.9 Å². The number of nitrogens with zero attached hydrogens (tertiary/aromatic N) is 3. The van der Waals surface area contributed by atoms with Crippen molar-refractivity contribution in [3.05, 3.63) is 80.3 Å². The van der Waals surface area contributed by atoms with Crippen molar-refractivity contribution < 1.29 is 23.5 Å². The van der Waals surface area contributed by atoms with Gasteiger partial charge in [-0.1, -0.05) is 0 Å². The number of hydrogen-bond acceptors (Lipinski definition) is 8. The lowest BCUT2D eigenvalue weighted by molar-refractivity contribution is 0.0469. The average molecular weight is 486 g/mol. The Bertz CT molecular complexity index is 1310. The van der Waals surface area contributed by atoms with E-state index in [-0.39, 0.29) is 30.5 Å². The monoisotopic (exact) mass is 485 g/mol. The first-order valence-corrected chi connectivity index (χ1v) is 11.7. The average Bonchev–Trinajstić information content (AvgIpc) is 3.50. The van der Waals surface area contributed by atoms with Gasteiger partial charge in [0, 0.05) is 27.7 Å². The van der Waals surface area contributed by atoms with Crippen LogP contribution in [0.3, 0.4) is 0 Å². The summed E-state index contributed by atoms with van der Waals surface area (Å²) in [7, 11) is 0. The maximum Gasteiger partial charge on any atom is 0.358 e. The fourth-order valence-electron chi connectivity index (χ4n) is 3.21. The van der Waals surface area contributed by atoms with Gasteiger partial charge in [0.15, 0.2) is 17.4 Å². The first kappa shape index (κ1) is 22.8. The van der Waals surface area contributed by atoms with Crippen molar-refractivity contribution in [2.24, 2.45) is 0 Å². The smallest absolute Gasteiger partial charge is 0.358 e. The van der Waals surface area contributed by atoms with Crippen LogP contribution in [0.25, 0.3) is 5.13 Å². The minimum atomic E-state index is -0.683. The standard InChI is InChI=1S/C23H20FN3O4S2/c1-13-11-33-23(25-13)27-14(2)8-18(15(27)3)20(28)9-31-22(29)19-12-32-21(26-19)10-30-17-6-4-16(24)5-7-17/h4-8,11-12H,9-10H2,1-3H3. The zero-order chi connectivity index (χ0) is 23.5. The summed E-state index contributed by atoms with van der Waals surface area (Å²) in [5.41, 5.74) is 3.13. The largest absolute Gasteiger partial charge is 0.486 e. The fourth-order valence-corrected chi connectivity index (χ4v) is 4.80. The summed E-state index contributed by atoms with van der Waals surface area (Å²) in [6.45, 7) is 5.39. The molecule has 0 N–H and O–H groups in total. The van der Waals surface area contributed by atoms with E-state index in [0.717, 1.165) is 22.2 Å². The molecule has 0 aliphatic heterocycles. The number of rotatable bonds is 8. The molecule has 0 saturated carbocycles. The third-order valence-electron chi connectivity index (χ3n) is 4.80. The third kappa shape index (κ3) is 5.18. The van der Waals surface area contributed by atoms with Gasteiger partial charge in [-0.05, 0) is 51.1 Å². The molecule has 7 nitrogen and oxygen atoms in total. The molecule has 0 saturated heterocycles. The highest BCUT2D eigenvalue weighted by Gasteiger charge is 2.20. The molecule has 10 heteroatoms. The number of carbonyl (C=O) groups excluding carboxylic acids is 2. The third-order valence-corrected chi connectivity index (χ3v) is 6.57. The Labute approximate surface area is 197 Å². The number of Topliss-reactive ketones (excluding diaryl/α,β-unsaturated/α-hetero) is 1. The van der Waals surface area contributed by atoms with Crippen molar-refractivity contribution in [1.82, 2.24) is 14.5 Å². The maximum absolute atomic E-state index is 13.0. The van der Waals surface area contributed by atoms with Crippen LogP contribution in [-0.2, 0) is 11.3 Å². The van der Waals surface area contributed by atoms with Gasteiger partial charge in [-0.15, -0.1) is 22.7 Å². The summed E-state index contributed by atoms with van der Waals surface area (Å²) in [6.07, 6.45) is 0. The topological polar surface area (TPSA) is 83.3 Å². The molecule has 33 heavy (non-hydrogen) atoms. The van der Waals surface area contributed by atoms with Crippen LogP contribution >= 0.6 is 22.7 Å². The van der Waals surface area contributed by atoms with E-state index < -0.39 is 5.97 Å². The van der Waals surface area contributed by atoms with Crippen molar-refractivity contribution in [2.45, 2.75) is 27.4 Å². The minimum absolute atomic E-state index is 0.106. The molecule has 0 fully saturated rings. The van der Waals surface area contributed by atoms with E-state index >= 15 is 0 Å². The summed E-state index contributed by atoms with van der Waals surface area (Å²) in [4.78, 5) is 33.8. The Balaban J connectivity index is 1.35. The lowest BCUT2D eigenvalue weighted by Crippen LogP contribution is -2.15. The predicted octanol–water partition coefficient (Wildman–Crippen LogP) is 5.07. The Morgan fingerprint density at radius 1 is 1.06 bits per heavy atom. The molecule has 4 aromatic rings. The maximum atomic E-state index is 13.0. The van der Waals surface area contributed by atoms with Crippen molar-refractivity contribution >= 4 is 34.4 Å². The fraction of sp³-hybridized carbons (Fsp3) is 0.217. The lowest BCUT2D eigenvalue weighted by Gasteiger charge is -2.06. The van der Waals surface area contributed by atoms with Crippen LogP contribution in [0.2, 0.25) is 0 Å². The first-order valence-electron chi connectivity index (χ1n) is 9.96. The molecule has 0 bridgehead atoms. The molecule has 3 heterocycles. The van der Waals surface area contributed by atoms with Gasteiger partial charge in [-0.3, -0.25) is 9.36 Å². The zero-order valence-electron chi connectivity index (χ0n) is 18.1. The predicted molar refractivity (Wildman–Crippen MR) is 123 cm³/mol. The zero-order valence-corrected chi connectivity index (χ0v) is 19.8. The summed E-state index contributed by atoms with van der Waals surface area (Å²) in [6, 6.07) is 7.39. The molecular weight excluding hydrogens is 465 g/mol. The van der Waals surface area contributed by atoms with Gasteiger partial charge < -0.3 is 9.47 Å². The van der Waals surface area contributed by atoms with E-state index in [1.807, 2.05) is 30.7 Å². The lowest BCUT2D eigenvalue weighted by atomic mass is 10.1. The Morgan fingerprint density at radius 3 is 2.52 bits per heavy atom. The highest BCUT2D eigenvalue weighted by Crippen LogP contribution is 2.24. The molecule has 0 atom stereocenters. The SMILES string of the molecule is Cc1csc(-n2c(C)cc(C(=O)COC(=O)c3csc(COc4ccc(F)cc4)n3)c2C)n1. The van der Waals surface area contributed by atoms with Crippen molar-refractivity contribution in [1.29, 1.82) is 0 Å². The van der Waals surface area contributed by atoms with E-state index in [0.29, 0.717) is 16.3 Å². The van der Waals surface area contributed by atoms with Crippen LogP contribution in [-0.4, -0.2) is 32.9 Å². The Morgan fingerprint density at radius 2 is 1.82 bits per heavy atom. The second-order valence-electron chi connectivity index (χ2n) is 7.26. The van der Waals surface area contributed by atoms with Gasteiger partial charge in [0.25, 0.3) is 0 Å². The second-order valence-corrected chi connectivity index (χ2v) is 9.04. The molecule has 0 aliphatic rings. The molecule has 0 spiro atoms. The molecular formula is C23H20FN3O4S2. The summed E-state index contributed by atoms with van der Waals surface area (Å²) >= 11 is 2.73. The van der Waals surface area contributed by atoms with Gasteiger partial charge in [0.2, 0.25) is 5.78 Å². The number of hydrogen-bond donors (Lipinski definition) is 0. The van der Waals surface area contributed by atoms with E-state index in [9.17, 15) is 14.0 Å².